The number of nitrogens with two attached hydrogens (primary N) is 1. The van der Waals surface area contributed by atoms with E-state index in [2.05, 4.69) is 29.8 Å². The minimum atomic E-state index is -1.30. The highest BCUT2D eigenvalue weighted by molar-refractivity contribution is 8.02. The van der Waals surface area contributed by atoms with E-state index >= 15 is 0 Å². The predicted octanol–water partition coefficient (Wildman–Crippen LogP) is 0.285. The van der Waals surface area contributed by atoms with Crippen LogP contribution in [0.2, 0.25) is 0 Å². The summed E-state index contributed by atoms with van der Waals surface area (Å²) in [5.41, 5.74) is 6.25. The van der Waals surface area contributed by atoms with E-state index in [1.165, 1.54) is 23.5 Å². The van der Waals surface area contributed by atoms with Crippen LogP contribution in [0, 0.1) is 0 Å². The van der Waals surface area contributed by atoms with Crippen LogP contribution in [0.3, 0.4) is 0 Å². The van der Waals surface area contributed by atoms with Gasteiger partial charge in [-0.05, 0) is 23.1 Å². The van der Waals surface area contributed by atoms with Gasteiger partial charge in [0.2, 0.25) is 11.5 Å². The Morgan fingerprint density at radius 1 is 1.46 bits per heavy atom. The molecule has 3 aromatic heterocycles. The van der Waals surface area contributed by atoms with E-state index in [-0.39, 0.29) is 22.4 Å². The molecule has 0 aromatic carbocycles. The molecule has 5 rings (SSSR count). The Morgan fingerprint density at radius 3 is 3.00 bits per heavy atom. The number of hydrogen-bond donors (Lipinski definition) is 3. The van der Waals surface area contributed by atoms with Crippen molar-refractivity contribution in [2.24, 2.45) is 12.2 Å². The van der Waals surface area contributed by atoms with E-state index < -0.39 is 41.8 Å². The molecule has 0 bridgehead atoms. The van der Waals surface area contributed by atoms with Gasteiger partial charge in [-0.25, -0.2) is 13.8 Å². The van der Waals surface area contributed by atoms with Gasteiger partial charge in [0.25, 0.3) is 18.7 Å². The van der Waals surface area contributed by atoms with Crippen molar-refractivity contribution in [2.45, 2.75) is 16.4 Å². The molecule has 1 saturated heterocycles. The molecule has 202 valence electrons. The Labute approximate surface area is 231 Å². The van der Waals surface area contributed by atoms with Crippen molar-refractivity contribution in [1.29, 1.82) is 0 Å². The first kappa shape index (κ1) is 26.6. The number of carboxylic acids is 1. The average Bonchev–Trinajstić information content (AvgIpc) is 3.51. The lowest BCUT2D eigenvalue weighted by molar-refractivity contribution is -0.644. The fourth-order valence-electron chi connectivity index (χ4n) is 3.87. The van der Waals surface area contributed by atoms with Gasteiger partial charge in [0.05, 0.1) is 7.05 Å². The quantitative estimate of drug-likeness (QED) is 0.102. The Balaban J connectivity index is 1.30. The molecule has 0 spiro atoms. The number of nitrogens with one attached hydrogen (secondary N) is 1. The second kappa shape index (κ2) is 11.0. The molecular formula is C21H19FN9O5S3+. The topological polar surface area (TPSA) is 181 Å². The number of allylic oxidation sites excluding steroid dienone is 1. The van der Waals surface area contributed by atoms with Crippen molar-refractivity contribution in [3.8, 4) is 0 Å². The number of alkyl halides is 1. The molecular weight excluding hydrogens is 573 g/mol. The van der Waals surface area contributed by atoms with Gasteiger partial charge in [-0.3, -0.25) is 14.5 Å². The Morgan fingerprint density at radius 2 is 2.28 bits per heavy atom. The number of thioether (sulfide) groups is 2. The lowest BCUT2D eigenvalue weighted by atomic mass is 10.0. The Bertz CT molecular complexity index is 1570. The second-order valence-electron chi connectivity index (χ2n) is 7.98. The number of rotatable bonds is 9. The molecule has 0 aliphatic carbocycles. The number of carbonyl (C=O) groups excluding carboxylic acids is 2. The smallest absolute Gasteiger partial charge is 0.352 e. The molecule has 18 heteroatoms. The Kier molecular flexibility index (Phi) is 7.49. The molecule has 14 nitrogen and oxygen atoms in total. The highest BCUT2D eigenvalue weighted by Gasteiger charge is 2.54. The molecule has 2 aliphatic rings. The van der Waals surface area contributed by atoms with Gasteiger partial charge >= 0.3 is 11.6 Å². The monoisotopic (exact) mass is 592 g/mol. The van der Waals surface area contributed by atoms with Crippen LogP contribution in [0.25, 0.3) is 5.65 Å². The summed E-state index contributed by atoms with van der Waals surface area (Å²) in [5, 5.41) is 22.0. The number of β-lactam (4-membered cyclic amide) rings is 1. The van der Waals surface area contributed by atoms with Gasteiger partial charge in [0.1, 0.15) is 28.3 Å². The van der Waals surface area contributed by atoms with Crippen LogP contribution >= 0.6 is 35.1 Å². The van der Waals surface area contributed by atoms with Crippen molar-refractivity contribution in [3.63, 3.8) is 0 Å². The van der Waals surface area contributed by atoms with Crippen LogP contribution in [-0.4, -0.2) is 76.5 Å². The van der Waals surface area contributed by atoms with Crippen LogP contribution < -0.4 is 15.6 Å². The average molecular weight is 593 g/mol. The van der Waals surface area contributed by atoms with E-state index in [0.29, 0.717) is 10.6 Å². The van der Waals surface area contributed by atoms with E-state index in [9.17, 15) is 23.9 Å². The maximum atomic E-state index is 13.0. The number of hydrogen-bond acceptors (Lipinski definition) is 12. The summed E-state index contributed by atoms with van der Waals surface area (Å²) < 4.78 is 20.0. The molecule has 0 unspecified atom stereocenters. The van der Waals surface area contributed by atoms with E-state index in [4.69, 9.17) is 5.73 Å². The summed E-state index contributed by atoms with van der Waals surface area (Å²) in [6.07, 6.45) is 5.33. The summed E-state index contributed by atoms with van der Waals surface area (Å²) in [6, 6.07) is 2.71. The standard InChI is InChI=1S/C21H18FN9O5S3/c1-29-5-6-30-12(29)3-2-11(26-30)37-7-4-10-8-38-19-14(18(33)31(19)15(10)20(34)35)24-17(32)13(27-36-9-22)16-25-21(23)39-28-16/h2-7,14,19H,8-9H2,1H3,(H3-,23,24,25,28,32,34,35)/p+1/b7-4+,27-13-/t14-,19-/m1/s1. The molecule has 2 amide bonds. The highest BCUT2D eigenvalue weighted by Crippen LogP contribution is 2.41. The molecule has 4 N–H and O–H groups in total. The van der Waals surface area contributed by atoms with Crippen molar-refractivity contribution in [1.82, 2.24) is 29.2 Å². The third-order valence-electron chi connectivity index (χ3n) is 5.63. The Hall–Kier alpha value is -4.03. The molecule has 3 aromatic rings. The third kappa shape index (κ3) is 5.17. The van der Waals surface area contributed by atoms with Crippen LogP contribution in [-0.2, 0) is 26.3 Å². The largest absolute Gasteiger partial charge is 0.477 e. The summed E-state index contributed by atoms with van der Waals surface area (Å²) in [5.74, 6) is -2.72. The van der Waals surface area contributed by atoms with Crippen LogP contribution in [0.5, 0.6) is 0 Å². The van der Waals surface area contributed by atoms with Crippen molar-refractivity contribution in [3.05, 3.63) is 53.1 Å². The third-order valence-corrected chi connectivity index (χ3v) is 8.20. The maximum Gasteiger partial charge on any atom is 0.352 e. The minimum Gasteiger partial charge on any atom is -0.477 e. The number of halogens is 1. The number of amides is 2. The lowest BCUT2D eigenvalue weighted by Gasteiger charge is -2.49. The first-order chi connectivity index (χ1) is 18.8. The first-order valence-corrected chi connectivity index (χ1v) is 13.7. The van der Waals surface area contributed by atoms with Gasteiger partial charge in [0.15, 0.2) is 11.3 Å². The number of aryl methyl sites for hydroxylation is 1. The number of carboxylic acid groups (broad SMARTS) is 1. The van der Waals surface area contributed by atoms with Crippen LogP contribution in [0.1, 0.15) is 5.82 Å². The molecule has 39 heavy (non-hydrogen) atoms. The molecule has 2 aliphatic heterocycles. The number of nitrogens with zero attached hydrogens (tertiary/aromatic N) is 7. The van der Waals surface area contributed by atoms with Crippen LogP contribution in [0.4, 0.5) is 9.52 Å². The molecule has 2 atom stereocenters. The summed E-state index contributed by atoms with van der Waals surface area (Å²) in [4.78, 5) is 47.2. The minimum absolute atomic E-state index is 0.0459. The van der Waals surface area contributed by atoms with Gasteiger partial charge in [-0.1, -0.05) is 22.0 Å². The highest BCUT2D eigenvalue weighted by atomic mass is 32.2. The summed E-state index contributed by atoms with van der Waals surface area (Å²) in [7, 11) is 1.91. The predicted molar refractivity (Wildman–Crippen MR) is 139 cm³/mol. The summed E-state index contributed by atoms with van der Waals surface area (Å²) in [6.45, 7) is -1.30. The number of nitrogen functional groups attached to an aromatic ring is 1. The fourth-order valence-corrected chi connectivity index (χ4v) is 6.28. The molecule has 1 fully saturated rings. The van der Waals surface area contributed by atoms with Gasteiger partial charge in [0, 0.05) is 23.4 Å². The zero-order valence-electron chi connectivity index (χ0n) is 19.9. The number of fused-ring (bicyclic) bond motifs is 2. The van der Waals surface area contributed by atoms with Gasteiger partial charge in [-0.15, -0.1) is 16.3 Å². The zero-order chi connectivity index (χ0) is 27.7. The number of carbonyl (C=O) groups is 3. The zero-order valence-corrected chi connectivity index (χ0v) is 22.4. The van der Waals surface area contributed by atoms with Crippen molar-refractivity contribution in [2.75, 3.05) is 18.3 Å². The lowest BCUT2D eigenvalue weighted by Crippen LogP contribution is -2.71. The van der Waals surface area contributed by atoms with Crippen molar-refractivity contribution < 1.29 is 33.3 Å². The maximum absolute atomic E-state index is 13.0. The number of aromatic nitrogens is 5. The first-order valence-electron chi connectivity index (χ1n) is 11.0. The van der Waals surface area contributed by atoms with E-state index in [1.807, 2.05) is 36.1 Å². The number of oxime groups is 1. The summed E-state index contributed by atoms with van der Waals surface area (Å²) >= 11 is 3.38. The normalized spacial score (nSPS) is 19.4. The molecule has 0 radical (unpaired) electrons. The SMILES string of the molecule is C[n+]1ccn2nc(S/C=C/C3=C(C(=O)O)N4C(=O)[C@@H](NC(=O)/C(=N\OCF)c5nsc(N)n5)[C@H]4SC3)ccc21. The van der Waals surface area contributed by atoms with Gasteiger partial charge < -0.3 is 21.0 Å². The van der Waals surface area contributed by atoms with E-state index in [1.54, 1.807) is 16.0 Å². The van der Waals surface area contributed by atoms with E-state index in [0.717, 1.165) is 22.1 Å². The number of anilines is 1. The van der Waals surface area contributed by atoms with Crippen LogP contribution in [0.15, 0.2) is 57.5 Å². The number of imidazole rings is 1. The van der Waals surface area contributed by atoms with Gasteiger partial charge in [-0.2, -0.15) is 9.36 Å². The fraction of sp³-hybridized carbons (Fsp3) is 0.238. The molecule has 5 heterocycles. The second-order valence-corrected chi connectivity index (χ2v) is 10.8. The molecule has 0 saturated carbocycles. The number of aliphatic carboxylic acids is 1. The van der Waals surface area contributed by atoms with Crippen molar-refractivity contribution >= 4 is 69.3 Å².